The number of nitrogens with zero attached hydrogens (tertiary/aromatic N) is 3. The maximum absolute atomic E-state index is 13.5. The first-order valence-electron chi connectivity index (χ1n) is 9.66. The molecule has 0 amide bonds. The van der Waals surface area contributed by atoms with Crippen LogP contribution in [-0.2, 0) is 0 Å². The van der Waals surface area contributed by atoms with Crippen LogP contribution < -0.4 is 5.56 Å². The molecule has 0 saturated heterocycles. The highest BCUT2D eigenvalue weighted by molar-refractivity contribution is 5.81. The third-order valence-electron chi connectivity index (χ3n) is 4.82. The zero-order valence-corrected chi connectivity index (χ0v) is 16.3. The molecule has 0 unspecified atom stereocenters. The van der Waals surface area contributed by atoms with E-state index in [1.807, 2.05) is 36.4 Å². The fourth-order valence-corrected chi connectivity index (χ4v) is 3.34. The minimum atomic E-state index is -0.342. The van der Waals surface area contributed by atoms with Gasteiger partial charge in [0, 0.05) is 11.1 Å². The van der Waals surface area contributed by atoms with Crippen LogP contribution in [0, 0.1) is 5.82 Å². The van der Waals surface area contributed by atoms with Crippen LogP contribution in [0.5, 0.6) is 0 Å². The van der Waals surface area contributed by atoms with Crippen molar-refractivity contribution in [3.05, 3.63) is 113 Å². The summed E-state index contributed by atoms with van der Waals surface area (Å²) in [5.74, 6) is 1.02. The Labute approximate surface area is 176 Å². The molecule has 0 radical (unpaired) electrons. The highest BCUT2D eigenvalue weighted by Crippen LogP contribution is 2.23. The molecule has 0 atom stereocenters. The molecule has 150 valence electrons. The lowest BCUT2D eigenvalue weighted by Crippen LogP contribution is -2.20. The molecule has 31 heavy (non-hydrogen) atoms. The number of fused-ring (bicyclic) bond motifs is 1. The van der Waals surface area contributed by atoms with Crippen LogP contribution >= 0.6 is 0 Å². The first kappa shape index (κ1) is 18.7. The number of para-hydroxylation sites is 1. The maximum atomic E-state index is 13.5. The quantitative estimate of drug-likeness (QED) is 0.376. The predicted octanol–water partition coefficient (Wildman–Crippen LogP) is 5.34. The van der Waals surface area contributed by atoms with E-state index in [0.717, 1.165) is 5.56 Å². The molecule has 0 N–H and O–H groups in total. The van der Waals surface area contributed by atoms with E-state index in [0.29, 0.717) is 33.8 Å². The molecule has 0 aliphatic heterocycles. The number of hydrogen-bond donors (Lipinski definition) is 0. The Hall–Kier alpha value is -4.32. The van der Waals surface area contributed by atoms with Crippen molar-refractivity contribution in [3.63, 3.8) is 0 Å². The van der Waals surface area contributed by atoms with Crippen LogP contribution in [0.4, 0.5) is 4.39 Å². The number of benzene rings is 3. The number of rotatable bonds is 4. The van der Waals surface area contributed by atoms with E-state index >= 15 is 0 Å². The van der Waals surface area contributed by atoms with Crippen molar-refractivity contribution in [1.82, 2.24) is 9.66 Å². The van der Waals surface area contributed by atoms with Gasteiger partial charge in [-0.2, -0.15) is 9.78 Å². The number of furan rings is 1. The van der Waals surface area contributed by atoms with E-state index < -0.39 is 0 Å². The fourth-order valence-electron chi connectivity index (χ4n) is 3.34. The molecule has 2 aromatic heterocycles. The van der Waals surface area contributed by atoms with Gasteiger partial charge in [-0.1, -0.05) is 54.6 Å². The Morgan fingerprint density at radius 2 is 1.65 bits per heavy atom. The van der Waals surface area contributed by atoms with E-state index in [1.165, 1.54) is 23.0 Å². The topological polar surface area (TPSA) is 60.4 Å². The van der Waals surface area contributed by atoms with Gasteiger partial charge in [0.05, 0.1) is 17.1 Å². The SMILES string of the molecule is O=c1c2ccccc2nc(-c2ccccc2)n1N=Cc1ccc(-c2cccc(F)c2)o1. The molecule has 5 rings (SSSR count). The van der Waals surface area contributed by atoms with Crippen molar-refractivity contribution < 1.29 is 8.81 Å². The molecule has 0 fully saturated rings. The third-order valence-corrected chi connectivity index (χ3v) is 4.82. The van der Waals surface area contributed by atoms with Gasteiger partial charge in [0.25, 0.3) is 5.56 Å². The van der Waals surface area contributed by atoms with Gasteiger partial charge in [-0.25, -0.2) is 9.37 Å². The standard InChI is InChI=1S/C25H16FN3O2/c26-19-10-6-9-18(15-19)23-14-13-20(31-23)16-27-29-24(17-7-2-1-3-8-17)28-22-12-5-4-11-21(22)25(29)30/h1-16H. The lowest BCUT2D eigenvalue weighted by Gasteiger charge is -2.09. The Kier molecular flexibility index (Phi) is 4.72. The smallest absolute Gasteiger partial charge is 0.282 e. The summed E-state index contributed by atoms with van der Waals surface area (Å²) >= 11 is 0. The molecule has 6 heteroatoms. The van der Waals surface area contributed by atoms with Crippen molar-refractivity contribution in [3.8, 4) is 22.7 Å². The summed E-state index contributed by atoms with van der Waals surface area (Å²) in [5, 5.41) is 4.85. The average Bonchev–Trinajstić information content (AvgIpc) is 3.28. The van der Waals surface area contributed by atoms with Crippen LogP contribution in [-0.4, -0.2) is 15.9 Å². The molecular weight excluding hydrogens is 393 g/mol. The summed E-state index contributed by atoms with van der Waals surface area (Å²) in [7, 11) is 0. The van der Waals surface area contributed by atoms with E-state index in [2.05, 4.69) is 10.1 Å². The minimum absolute atomic E-state index is 0.280. The van der Waals surface area contributed by atoms with Gasteiger partial charge in [-0.05, 0) is 36.4 Å². The first-order chi connectivity index (χ1) is 15.2. The molecule has 5 aromatic rings. The van der Waals surface area contributed by atoms with E-state index in [1.54, 1.807) is 42.5 Å². The van der Waals surface area contributed by atoms with Crippen molar-refractivity contribution in [2.24, 2.45) is 5.10 Å². The van der Waals surface area contributed by atoms with Gasteiger partial charge in [0.15, 0.2) is 5.82 Å². The van der Waals surface area contributed by atoms with Crippen LogP contribution in [0.25, 0.3) is 33.6 Å². The molecule has 2 heterocycles. The Morgan fingerprint density at radius 1 is 0.871 bits per heavy atom. The summed E-state index contributed by atoms with van der Waals surface area (Å²) in [5.41, 5.74) is 1.71. The fraction of sp³-hybridized carbons (Fsp3) is 0. The van der Waals surface area contributed by atoms with Gasteiger partial charge in [-0.3, -0.25) is 4.79 Å². The van der Waals surface area contributed by atoms with Crippen LogP contribution in [0.3, 0.4) is 0 Å². The van der Waals surface area contributed by atoms with Gasteiger partial charge in [-0.15, -0.1) is 0 Å². The summed E-state index contributed by atoms with van der Waals surface area (Å²) < 4.78 is 20.5. The van der Waals surface area contributed by atoms with E-state index in [-0.39, 0.29) is 11.4 Å². The monoisotopic (exact) mass is 409 g/mol. The normalized spacial score (nSPS) is 11.4. The highest BCUT2D eigenvalue weighted by Gasteiger charge is 2.12. The Bertz CT molecular complexity index is 1470. The van der Waals surface area contributed by atoms with Crippen LogP contribution in [0.15, 0.2) is 105 Å². The summed E-state index contributed by atoms with van der Waals surface area (Å²) in [6.07, 6.45) is 1.45. The maximum Gasteiger partial charge on any atom is 0.282 e. The second kappa shape index (κ2) is 7.84. The van der Waals surface area contributed by atoms with Crippen molar-refractivity contribution in [2.45, 2.75) is 0 Å². The zero-order chi connectivity index (χ0) is 21.2. The number of hydrogen-bond acceptors (Lipinski definition) is 4. The van der Waals surface area contributed by atoms with Gasteiger partial charge in [0.2, 0.25) is 0 Å². The zero-order valence-electron chi connectivity index (χ0n) is 16.3. The van der Waals surface area contributed by atoms with Crippen LogP contribution in [0.1, 0.15) is 5.76 Å². The lowest BCUT2D eigenvalue weighted by atomic mass is 10.2. The average molecular weight is 409 g/mol. The van der Waals surface area contributed by atoms with Crippen molar-refractivity contribution in [1.29, 1.82) is 0 Å². The molecule has 5 nitrogen and oxygen atoms in total. The van der Waals surface area contributed by atoms with Gasteiger partial charge in [0.1, 0.15) is 17.3 Å². The first-order valence-corrected chi connectivity index (χ1v) is 9.66. The molecular formula is C25H16FN3O2. The lowest BCUT2D eigenvalue weighted by molar-refractivity contribution is 0.572. The molecule has 0 spiro atoms. The van der Waals surface area contributed by atoms with Crippen LogP contribution in [0.2, 0.25) is 0 Å². The molecule has 0 saturated carbocycles. The summed E-state index contributed by atoms with van der Waals surface area (Å²) in [6.45, 7) is 0. The van der Waals surface area contributed by atoms with Crippen molar-refractivity contribution >= 4 is 17.1 Å². The van der Waals surface area contributed by atoms with E-state index in [9.17, 15) is 9.18 Å². The van der Waals surface area contributed by atoms with Gasteiger partial charge < -0.3 is 4.42 Å². The highest BCUT2D eigenvalue weighted by atomic mass is 19.1. The molecule has 0 aliphatic carbocycles. The molecule has 0 aliphatic rings. The number of halogens is 1. The third kappa shape index (κ3) is 3.67. The largest absolute Gasteiger partial charge is 0.455 e. The van der Waals surface area contributed by atoms with Crippen molar-refractivity contribution in [2.75, 3.05) is 0 Å². The number of aromatic nitrogens is 2. The van der Waals surface area contributed by atoms with E-state index in [4.69, 9.17) is 4.42 Å². The second-order valence-corrected chi connectivity index (χ2v) is 6.89. The molecule has 3 aromatic carbocycles. The summed E-state index contributed by atoms with van der Waals surface area (Å²) in [4.78, 5) is 17.8. The minimum Gasteiger partial charge on any atom is -0.455 e. The second-order valence-electron chi connectivity index (χ2n) is 6.89. The Balaban J connectivity index is 1.60. The Morgan fingerprint density at radius 3 is 2.48 bits per heavy atom. The van der Waals surface area contributed by atoms with Gasteiger partial charge >= 0.3 is 0 Å². The predicted molar refractivity (Wildman–Crippen MR) is 119 cm³/mol. The summed E-state index contributed by atoms with van der Waals surface area (Å²) in [6, 6.07) is 26.1. The molecule has 0 bridgehead atoms.